The molecule has 6 nitrogen and oxygen atoms in total. The van der Waals surface area contributed by atoms with Gasteiger partial charge in [-0.25, -0.2) is 4.98 Å². The van der Waals surface area contributed by atoms with E-state index in [1.165, 1.54) is 12.4 Å². The number of nitro groups is 1. The van der Waals surface area contributed by atoms with Gasteiger partial charge in [-0.1, -0.05) is 11.8 Å². The summed E-state index contributed by atoms with van der Waals surface area (Å²) in [5.74, 6) is 5.35. The highest BCUT2D eigenvalue weighted by Gasteiger charge is 2.14. The number of hydrogen-bond acceptors (Lipinski definition) is 4. The molecular weight excluding hydrogens is 220 g/mol. The lowest BCUT2D eigenvalue weighted by Crippen LogP contribution is -1.86. The first kappa shape index (κ1) is 10.7. The molecule has 0 bridgehead atoms. The van der Waals surface area contributed by atoms with Crippen molar-refractivity contribution in [1.29, 1.82) is 5.26 Å². The highest BCUT2D eigenvalue weighted by atomic mass is 16.6. The van der Waals surface area contributed by atoms with E-state index in [2.05, 4.69) is 21.8 Å². The Kier molecular flexibility index (Phi) is 2.71. The monoisotopic (exact) mass is 226 g/mol. The highest BCUT2D eigenvalue weighted by molar-refractivity contribution is 5.86. The molecule has 82 valence electrons. The fourth-order valence-corrected chi connectivity index (χ4v) is 1.39. The van der Waals surface area contributed by atoms with Crippen LogP contribution in [0.25, 0.3) is 11.0 Å². The summed E-state index contributed by atoms with van der Waals surface area (Å²) in [6.07, 6.45) is 2.92. The minimum absolute atomic E-state index is 0.0311. The molecule has 0 aliphatic carbocycles. The molecule has 2 aromatic rings. The van der Waals surface area contributed by atoms with E-state index in [-0.39, 0.29) is 12.1 Å². The van der Waals surface area contributed by atoms with Crippen LogP contribution in [0.2, 0.25) is 0 Å². The largest absolute Gasteiger partial charge is 0.340 e. The lowest BCUT2D eigenvalue weighted by atomic mass is 10.2. The third kappa shape index (κ3) is 2.06. The van der Waals surface area contributed by atoms with Gasteiger partial charge >= 0.3 is 0 Å². The fraction of sp³-hybridized carbons (Fsp3) is 0.0909. The minimum Gasteiger partial charge on any atom is -0.340 e. The number of H-pyrrole nitrogens is 1. The first-order valence-corrected chi connectivity index (χ1v) is 4.69. The van der Waals surface area contributed by atoms with E-state index < -0.39 is 4.92 Å². The number of nitrogens with zero attached hydrogens (tertiary/aromatic N) is 3. The normalized spacial score (nSPS) is 9.35. The zero-order valence-corrected chi connectivity index (χ0v) is 8.60. The van der Waals surface area contributed by atoms with Crippen LogP contribution in [0, 0.1) is 33.3 Å². The average Bonchev–Trinajstić information content (AvgIpc) is 2.72. The Balaban J connectivity index is 2.50. The molecule has 0 saturated heterocycles. The zero-order valence-electron chi connectivity index (χ0n) is 8.60. The van der Waals surface area contributed by atoms with Gasteiger partial charge in [0.05, 0.1) is 29.0 Å². The lowest BCUT2D eigenvalue weighted by Gasteiger charge is -1.91. The number of hydrogen-bond donors (Lipinski definition) is 1. The lowest BCUT2D eigenvalue weighted by molar-refractivity contribution is -0.383. The van der Waals surface area contributed by atoms with Gasteiger partial charge in [-0.3, -0.25) is 10.1 Å². The molecule has 0 atom stereocenters. The van der Waals surface area contributed by atoms with Crippen LogP contribution in [0.5, 0.6) is 0 Å². The number of rotatable bonds is 1. The predicted molar refractivity (Wildman–Crippen MR) is 59.9 cm³/mol. The highest BCUT2D eigenvalue weighted by Crippen LogP contribution is 2.23. The summed E-state index contributed by atoms with van der Waals surface area (Å²) in [6.45, 7) is 0. The van der Waals surface area contributed by atoms with Crippen LogP contribution in [0.3, 0.4) is 0 Å². The Hall–Kier alpha value is -2.86. The van der Waals surface area contributed by atoms with Crippen molar-refractivity contribution < 1.29 is 4.92 Å². The van der Waals surface area contributed by atoms with Gasteiger partial charge in [0, 0.05) is 11.8 Å². The summed E-state index contributed by atoms with van der Waals surface area (Å²) in [4.78, 5) is 17.0. The van der Waals surface area contributed by atoms with Crippen LogP contribution in [-0.2, 0) is 0 Å². The van der Waals surface area contributed by atoms with Crippen molar-refractivity contribution in [2.45, 2.75) is 6.42 Å². The first-order valence-electron chi connectivity index (χ1n) is 4.69. The second kappa shape index (κ2) is 4.33. The van der Waals surface area contributed by atoms with E-state index in [0.29, 0.717) is 16.6 Å². The van der Waals surface area contributed by atoms with Gasteiger partial charge in [-0.05, 0) is 6.07 Å². The molecule has 0 saturated carbocycles. The Morgan fingerprint density at radius 3 is 3.12 bits per heavy atom. The molecule has 0 fully saturated rings. The third-order valence-corrected chi connectivity index (χ3v) is 2.11. The zero-order chi connectivity index (χ0) is 12.3. The maximum absolute atomic E-state index is 10.7. The SMILES string of the molecule is N#CCC#Cc1cnc2[nH]cc([N+](=O)[O-])c2c1. The van der Waals surface area contributed by atoms with Gasteiger partial charge in [0.1, 0.15) is 5.65 Å². The smallest absolute Gasteiger partial charge is 0.296 e. The van der Waals surface area contributed by atoms with Gasteiger partial charge in [0.15, 0.2) is 0 Å². The van der Waals surface area contributed by atoms with Crippen LogP contribution >= 0.6 is 0 Å². The Labute approximate surface area is 96.0 Å². The molecule has 1 N–H and O–H groups in total. The third-order valence-electron chi connectivity index (χ3n) is 2.11. The van der Waals surface area contributed by atoms with Gasteiger partial charge in [0.25, 0.3) is 5.69 Å². The number of pyridine rings is 1. The van der Waals surface area contributed by atoms with Crippen molar-refractivity contribution in [2.24, 2.45) is 0 Å². The van der Waals surface area contributed by atoms with Crippen molar-refractivity contribution in [3.63, 3.8) is 0 Å². The number of nitriles is 1. The molecule has 2 rings (SSSR count). The van der Waals surface area contributed by atoms with Crippen LogP contribution in [0.15, 0.2) is 18.5 Å². The average molecular weight is 226 g/mol. The van der Waals surface area contributed by atoms with Crippen molar-refractivity contribution in [2.75, 3.05) is 0 Å². The molecule has 2 aromatic heterocycles. The van der Waals surface area contributed by atoms with E-state index in [9.17, 15) is 10.1 Å². The maximum atomic E-state index is 10.7. The molecule has 0 unspecified atom stereocenters. The van der Waals surface area contributed by atoms with Crippen molar-refractivity contribution in [3.8, 4) is 17.9 Å². The van der Waals surface area contributed by atoms with Crippen LogP contribution in [0.1, 0.15) is 12.0 Å². The van der Waals surface area contributed by atoms with Crippen molar-refractivity contribution in [3.05, 3.63) is 34.1 Å². The summed E-state index contributed by atoms with van der Waals surface area (Å²) >= 11 is 0. The van der Waals surface area contributed by atoms with Crippen LogP contribution < -0.4 is 0 Å². The Morgan fingerprint density at radius 2 is 2.41 bits per heavy atom. The van der Waals surface area contributed by atoms with Gasteiger partial charge in [-0.15, -0.1) is 0 Å². The number of nitrogens with one attached hydrogen (secondary N) is 1. The second-order valence-corrected chi connectivity index (χ2v) is 3.19. The summed E-state index contributed by atoms with van der Waals surface area (Å²) < 4.78 is 0. The van der Waals surface area contributed by atoms with E-state index in [1.54, 1.807) is 6.07 Å². The van der Waals surface area contributed by atoms with Gasteiger partial charge in [0.2, 0.25) is 0 Å². The minimum atomic E-state index is -0.479. The quantitative estimate of drug-likeness (QED) is 0.455. The standard InChI is InChI=1S/C11H6N4O2/c12-4-2-1-3-8-5-9-10(15(16)17)7-14-11(9)13-6-8/h5-7H,2H2,(H,13,14). The van der Waals surface area contributed by atoms with Gasteiger partial charge in [-0.2, -0.15) is 5.26 Å². The molecule has 0 amide bonds. The van der Waals surface area contributed by atoms with Crippen molar-refractivity contribution in [1.82, 2.24) is 9.97 Å². The molecule has 0 spiro atoms. The Morgan fingerprint density at radius 1 is 1.59 bits per heavy atom. The van der Waals surface area contributed by atoms with E-state index >= 15 is 0 Å². The molecule has 0 aliphatic rings. The summed E-state index contributed by atoms with van der Waals surface area (Å²) in [6, 6.07) is 3.48. The summed E-state index contributed by atoms with van der Waals surface area (Å²) in [5.41, 5.74) is 0.967. The Bertz CT molecular complexity index is 685. The van der Waals surface area contributed by atoms with Crippen LogP contribution in [0.4, 0.5) is 5.69 Å². The van der Waals surface area contributed by atoms with E-state index in [0.717, 1.165) is 0 Å². The van der Waals surface area contributed by atoms with Crippen molar-refractivity contribution >= 4 is 16.7 Å². The summed E-state index contributed by atoms with van der Waals surface area (Å²) in [5, 5.41) is 19.5. The maximum Gasteiger partial charge on any atom is 0.296 e. The molecule has 2 heterocycles. The number of fused-ring (bicyclic) bond motifs is 1. The summed E-state index contributed by atoms with van der Waals surface area (Å²) in [7, 11) is 0. The van der Waals surface area contributed by atoms with Gasteiger partial charge < -0.3 is 4.98 Å². The molecule has 0 radical (unpaired) electrons. The predicted octanol–water partition coefficient (Wildman–Crippen LogP) is 1.74. The topological polar surface area (TPSA) is 95.6 Å². The molecule has 0 aromatic carbocycles. The molecule has 17 heavy (non-hydrogen) atoms. The van der Waals surface area contributed by atoms with Crippen LogP contribution in [-0.4, -0.2) is 14.9 Å². The fourth-order valence-electron chi connectivity index (χ4n) is 1.39. The second-order valence-electron chi connectivity index (χ2n) is 3.19. The molecule has 0 aliphatic heterocycles. The number of aromatic amines is 1. The van der Waals surface area contributed by atoms with E-state index in [4.69, 9.17) is 5.26 Å². The number of aromatic nitrogens is 2. The molecule has 6 heteroatoms. The van der Waals surface area contributed by atoms with E-state index in [1.807, 2.05) is 6.07 Å². The molecular formula is C11H6N4O2. The first-order chi connectivity index (χ1) is 8.22.